The SMILES string of the molecule is O=C(NS(=O)(=O)NCCO)OCCN(CCOC(=O)NS(=O)(=O)NCCO)C(=O)OCCNS(=O)(=O)NC(=O)OCC1[C@H]2CCC#CCC[C@@H]12. The van der Waals surface area contributed by atoms with Crippen LogP contribution >= 0.6 is 0 Å². The topological polar surface area (TPSA) is 323 Å². The first kappa shape index (κ1) is 42.5. The van der Waals surface area contributed by atoms with E-state index < -0.39 is 121 Å². The summed E-state index contributed by atoms with van der Waals surface area (Å²) in [5, 5.41) is 17.4. The van der Waals surface area contributed by atoms with Crippen LogP contribution in [0.1, 0.15) is 25.7 Å². The maximum atomic E-state index is 12.7. The predicted molar refractivity (Wildman–Crippen MR) is 168 cm³/mol. The summed E-state index contributed by atoms with van der Waals surface area (Å²) in [6.07, 6.45) is -2.00. The lowest BCUT2D eigenvalue weighted by Crippen LogP contribution is -2.44. The van der Waals surface area contributed by atoms with Crippen LogP contribution in [0, 0.1) is 29.6 Å². The van der Waals surface area contributed by atoms with Crippen molar-refractivity contribution in [2.45, 2.75) is 25.7 Å². The van der Waals surface area contributed by atoms with Crippen molar-refractivity contribution in [1.82, 2.24) is 33.2 Å². The molecular weight excluding hydrogens is 738 g/mol. The number of nitrogens with one attached hydrogen (secondary N) is 6. The highest BCUT2D eigenvalue weighted by Gasteiger charge is 2.49. The molecule has 0 aromatic carbocycles. The van der Waals surface area contributed by atoms with Gasteiger partial charge in [0.05, 0.1) is 32.9 Å². The van der Waals surface area contributed by atoms with Crippen LogP contribution in [0.5, 0.6) is 0 Å². The highest BCUT2D eigenvalue weighted by Crippen LogP contribution is 2.52. The van der Waals surface area contributed by atoms with E-state index >= 15 is 0 Å². The van der Waals surface area contributed by atoms with E-state index in [0.717, 1.165) is 30.6 Å². The Bertz CT molecular complexity index is 1470. The molecule has 286 valence electrons. The average Bonchev–Trinajstić information content (AvgIpc) is 3.67. The highest BCUT2D eigenvalue weighted by molar-refractivity contribution is 7.88. The monoisotopic (exact) mass is 779 g/mol. The average molecular weight is 780 g/mol. The maximum Gasteiger partial charge on any atom is 0.421 e. The van der Waals surface area contributed by atoms with Crippen molar-refractivity contribution >= 4 is 55.0 Å². The second kappa shape index (κ2) is 20.8. The van der Waals surface area contributed by atoms with Crippen LogP contribution in [0.25, 0.3) is 0 Å². The number of hydrogen-bond acceptors (Lipinski definition) is 16. The van der Waals surface area contributed by atoms with Gasteiger partial charge in [0.1, 0.15) is 19.8 Å². The van der Waals surface area contributed by atoms with Crippen LogP contribution in [0.15, 0.2) is 0 Å². The minimum Gasteiger partial charge on any atom is -0.449 e. The summed E-state index contributed by atoms with van der Waals surface area (Å²) in [7, 11) is -13.2. The fraction of sp³-hybridized carbons (Fsp3) is 0.750. The molecule has 50 heavy (non-hydrogen) atoms. The molecule has 0 spiro atoms. The molecule has 0 aliphatic heterocycles. The molecule has 3 atom stereocenters. The highest BCUT2D eigenvalue weighted by atomic mass is 32.2. The molecule has 0 bridgehead atoms. The summed E-state index contributed by atoms with van der Waals surface area (Å²) in [6, 6.07) is 0. The van der Waals surface area contributed by atoms with Gasteiger partial charge in [0.25, 0.3) is 0 Å². The Hall–Kier alpha value is -3.71. The lowest BCUT2D eigenvalue weighted by atomic mass is 10.1. The molecule has 1 unspecified atom stereocenters. The standard InChI is InChI=1S/C24H41N7O16S3/c32-12-7-25-48(38,39)28-21(34)44-15-10-31(11-16-45-22(35)29-49(40,41)26-8-13-33)24(37)46-14-9-27-50(42,43)30-23(36)47-17-20-18-5-3-1-2-4-6-19(18)20/h18-20,25-27,32-33H,3-17H2,(H,28,34)(H,29,35)(H,30,36)/t18-,19+,20?. The Kier molecular flexibility index (Phi) is 17.7. The molecule has 0 heterocycles. The second-order valence-electron chi connectivity index (χ2n) is 10.3. The Morgan fingerprint density at radius 3 is 1.48 bits per heavy atom. The number of fused-ring (bicyclic) bond motifs is 1. The predicted octanol–water partition coefficient (Wildman–Crippen LogP) is -3.47. The molecular formula is C24H41N7O16S3. The van der Waals surface area contributed by atoms with Gasteiger partial charge in [0, 0.05) is 32.5 Å². The third-order valence-corrected chi connectivity index (χ3v) is 9.83. The number of amides is 4. The van der Waals surface area contributed by atoms with Gasteiger partial charge in [-0.3, -0.25) is 0 Å². The van der Waals surface area contributed by atoms with Gasteiger partial charge in [-0.25, -0.2) is 33.3 Å². The lowest BCUT2D eigenvalue weighted by molar-refractivity contribution is 0.0770. The van der Waals surface area contributed by atoms with Crippen molar-refractivity contribution in [3.63, 3.8) is 0 Å². The number of aliphatic hydroxyl groups is 2. The number of hydrogen-bond donors (Lipinski definition) is 8. The molecule has 2 aliphatic carbocycles. The van der Waals surface area contributed by atoms with E-state index in [-0.39, 0.29) is 12.5 Å². The van der Waals surface area contributed by atoms with E-state index in [9.17, 15) is 44.4 Å². The van der Waals surface area contributed by atoms with Gasteiger partial charge in [-0.1, -0.05) is 0 Å². The number of aliphatic hydroxyl groups excluding tert-OH is 2. The van der Waals surface area contributed by atoms with E-state index in [1.807, 2.05) is 14.2 Å². The quantitative estimate of drug-likeness (QED) is 0.0319. The summed E-state index contributed by atoms with van der Waals surface area (Å²) < 4.78 is 101. The molecule has 2 aliphatic rings. The third kappa shape index (κ3) is 17.3. The zero-order chi connectivity index (χ0) is 37.2. The van der Waals surface area contributed by atoms with E-state index in [2.05, 4.69) is 11.8 Å². The third-order valence-electron chi connectivity index (χ3n) is 6.77. The molecule has 2 rings (SSSR count). The summed E-state index contributed by atoms with van der Waals surface area (Å²) in [6.45, 7) is -5.25. The number of ether oxygens (including phenoxy) is 4. The van der Waals surface area contributed by atoms with Gasteiger partial charge >= 0.3 is 55.0 Å². The summed E-state index contributed by atoms with van der Waals surface area (Å²) in [4.78, 5) is 49.1. The maximum absolute atomic E-state index is 12.7. The molecule has 8 N–H and O–H groups in total. The largest absolute Gasteiger partial charge is 0.449 e. The molecule has 1 fully saturated rings. The van der Waals surface area contributed by atoms with Gasteiger partial charge in [0.15, 0.2) is 0 Å². The van der Waals surface area contributed by atoms with Crippen molar-refractivity contribution in [3.8, 4) is 11.8 Å². The lowest BCUT2D eigenvalue weighted by Gasteiger charge is -2.22. The zero-order valence-electron chi connectivity index (χ0n) is 26.6. The zero-order valence-corrected chi connectivity index (χ0v) is 29.1. The first-order valence-corrected chi connectivity index (χ1v) is 19.4. The summed E-state index contributed by atoms with van der Waals surface area (Å²) in [5.74, 6) is 7.01. The normalized spacial score (nSPS) is 18.4. The molecule has 26 heteroatoms. The first-order chi connectivity index (χ1) is 23.6. The molecule has 1 saturated carbocycles. The molecule has 0 aromatic heterocycles. The molecule has 0 saturated heterocycles. The fourth-order valence-electron chi connectivity index (χ4n) is 4.54. The van der Waals surface area contributed by atoms with Crippen molar-refractivity contribution in [2.24, 2.45) is 17.8 Å². The van der Waals surface area contributed by atoms with Crippen molar-refractivity contribution < 1.29 is 73.6 Å². The van der Waals surface area contributed by atoms with E-state index in [1.54, 1.807) is 4.72 Å². The van der Waals surface area contributed by atoms with Gasteiger partial charge in [-0.2, -0.15) is 39.4 Å². The van der Waals surface area contributed by atoms with Crippen molar-refractivity contribution in [1.29, 1.82) is 0 Å². The summed E-state index contributed by atoms with van der Waals surface area (Å²) >= 11 is 0. The number of carbonyl (C=O) groups is 4. The summed E-state index contributed by atoms with van der Waals surface area (Å²) in [5.41, 5.74) is 0. The minimum absolute atomic E-state index is 0.0493. The number of rotatable bonds is 21. The van der Waals surface area contributed by atoms with Crippen LogP contribution < -0.4 is 28.3 Å². The fourth-order valence-corrected chi connectivity index (χ4v) is 6.66. The van der Waals surface area contributed by atoms with Crippen LogP contribution in [0.4, 0.5) is 19.2 Å². The van der Waals surface area contributed by atoms with Crippen molar-refractivity contribution in [3.05, 3.63) is 0 Å². The Morgan fingerprint density at radius 1 is 0.620 bits per heavy atom. The van der Waals surface area contributed by atoms with Gasteiger partial charge in [0.2, 0.25) is 0 Å². The van der Waals surface area contributed by atoms with Crippen LogP contribution in [0.3, 0.4) is 0 Å². The Morgan fingerprint density at radius 2 is 1.04 bits per heavy atom. The van der Waals surface area contributed by atoms with E-state index in [4.69, 9.17) is 29.2 Å². The minimum atomic E-state index is -4.42. The molecule has 23 nitrogen and oxygen atoms in total. The van der Waals surface area contributed by atoms with Gasteiger partial charge in [-0.15, -0.1) is 11.8 Å². The van der Waals surface area contributed by atoms with Crippen LogP contribution in [-0.4, -0.2) is 137 Å². The smallest absolute Gasteiger partial charge is 0.421 e. The second-order valence-corrected chi connectivity index (χ2v) is 14.8. The first-order valence-electron chi connectivity index (χ1n) is 15.0. The molecule has 4 amide bonds. The van der Waals surface area contributed by atoms with Crippen molar-refractivity contribution in [2.75, 3.05) is 72.4 Å². The van der Waals surface area contributed by atoms with Gasteiger partial charge in [-0.05, 0) is 30.6 Å². The van der Waals surface area contributed by atoms with E-state index in [1.165, 1.54) is 9.44 Å². The van der Waals surface area contributed by atoms with E-state index in [0.29, 0.717) is 11.8 Å². The van der Waals surface area contributed by atoms with Crippen LogP contribution in [0.2, 0.25) is 0 Å². The Balaban J connectivity index is 1.82. The molecule has 0 radical (unpaired) electrons. The van der Waals surface area contributed by atoms with Gasteiger partial charge < -0.3 is 34.1 Å². The molecule has 0 aromatic rings. The van der Waals surface area contributed by atoms with Crippen LogP contribution in [-0.2, 0) is 49.6 Å². The Labute approximate surface area is 289 Å². The number of nitrogens with zero attached hydrogens (tertiary/aromatic N) is 1. The number of carbonyl (C=O) groups excluding carboxylic acids is 4.